The maximum atomic E-state index is 13.3. The summed E-state index contributed by atoms with van der Waals surface area (Å²) in [6, 6.07) is 17.1. The molecule has 1 aromatic heterocycles. The van der Waals surface area contributed by atoms with Gasteiger partial charge in [0.25, 0.3) is 11.8 Å². The van der Waals surface area contributed by atoms with Crippen molar-refractivity contribution < 1.29 is 9.59 Å². The third-order valence-electron chi connectivity index (χ3n) is 4.96. The minimum atomic E-state index is -0.279. The Morgan fingerprint density at radius 1 is 0.889 bits per heavy atom. The lowest BCUT2D eigenvalue weighted by Crippen LogP contribution is -2.32. The maximum absolute atomic E-state index is 13.3. The first kappa shape index (κ1) is 17.6. The van der Waals surface area contributed by atoms with E-state index in [9.17, 15) is 9.59 Å². The van der Waals surface area contributed by atoms with Crippen LogP contribution < -0.4 is 0 Å². The van der Waals surface area contributed by atoms with Crippen molar-refractivity contribution in [2.24, 2.45) is 7.05 Å². The Labute approximate surface area is 162 Å². The van der Waals surface area contributed by atoms with Crippen LogP contribution in [0, 0.1) is 0 Å². The Hall–Kier alpha value is -2.85. The molecule has 0 fully saturated rings. The molecule has 0 N–H and O–H groups in total. The molecule has 1 aliphatic heterocycles. The van der Waals surface area contributed by atoms with Crippen molar-refractivity contribution in [1.82, 2.24) is 9.47 Å². The molecule has 3 aromatic rings. The molecule has 4 nitrogen and oxygen atoms in total. The quantitative estimate of drug-likeness (QED) is 0.626. The van der Waals surface area contributed by atoms with Crippen molar-refractivity contribution >= 4 is 45.5 Å². The summed E-state index contributed by atoms with van der Waals surface area (Å²) in [4.78, 5) is 27.7. The first-order valence-electron chi connectivity index (χ1n) is 8.95. The summed E-state index contributed by atoms with van der Waals surface area (Å²) < 4.78 is 1.85. The summed E-state index contributed by atoms with van der Waals surface area (Å²) >= 11 is 6.65. The summed E-state index contributed by atoms with van der Waals surface area (Å²) in [5.41, 5.74) is 3.10. The molecule has 5 heteroatoms. The van der Waals surface area contributed by atoms with Gasteiger partial charge in [-0.25, -0.2) is 0 Å². The van der Waals surface area contributed by atoms with Gasteiger partial charge in [0.1, 0.15) is 5.15 Å². The van der Waals surface area contributed by atoms with Gasteiger partial charge in [-0.05, 0) is 18.1 Å². The average Bonchev–Trinajstić information content (AvgIpc) is 3.08. The molecule has 0 saturated carbocycles. The van der Waals surface area contributed by atoms with Crippen LogP contribution in [0.1, 0.15) is 24.5 Å². The number of rotatable bonds is 4. The fourth-order valence-corrected chi connectivity index (χ4v) is 3.99. The normalized spacial score (nSPS) is 14.7. The molecule has 0 radical (unpaired) electrons. The van der Waals surface area contributed by atoms with Gasteiger partial charge in [-0.15, -0.1) is 0 Å². The van der Waals surface area contributed by atoms with Crippen molar-refractivity contribution in [3.05, 3.63) is 70.9 Å². The second kappa shape index (κ2) is 6.71. The Morgan fingerprint density at radius 2 is 1.52 bits per heavy atom. The van der Waals surface area contributed by atoms with Gasteiger partial charge in [-0.2, -0.15) is 0 Å². The Balaban J connectivity index is 2.06. The summed E-state index contributed by atoms with van der Waals surface area (Å²) in [5.74, 6) is -0.536. The number of halogens is 1. The molecule has 0 unspecified atom stereocenters. The number of para-hydroxylation sites is 1. The number of benzene rings is 2. The van der Waals surface area contributed by atoms with Crippen LogP contribution in [0.5, 0.6) is 0 Å². The highest BCUT2D eigenvalue weighted by Gasteiger charge is 2.41. The monoisotopic (exact) mass is 378 g/mol. The number of amides is 2. The fraction of sp³-hybridized carbons (Fsp3) is 0.182. The standard InChI is InChI=1S/C22H19ClN2O2/c1-3-13-25-21(26)17(14-9-5-4-6-10-14)19(22(25)27)18-15-11-7-8-12-16(15)24(2)20(18)23/h4-12H,3,13H2,1-2H3. The van der Waals surface area contributed by atoms with Crippen molar-refractivity contribution in [3.63, 3.8) is 0 Å². The zero-order valence-corrected chi connectivity index (χ0v) is 16.0. The van der Waals surface area contributed by atoms with E-state index in [1.54, 1.807) is 0 Å². The van der Waals surface area contributed by atoms with E-state index in [0.29, 0.717) is 34.8 Å². The van der Waals surface area contributed by atoms with Crippen LogP contribution in [0.2, 0.25) is 5.15 Å². The van der Waals surface area contributed by atoms with Gasteiger partial charge in [0, 0.05) is 30.1 Å². The first-order valence-corrected chi connectivity index (χ1v) is 9.33. The molecule has 2 amide bonds. The minimum absolute atomic E-state index is 0.257. The van der Waals surface area contributed by atoms with Crippen LogP contribution >= 0.6 is 11.6 Å². The Morgan fingerprint density at radius 3 is 2.22 bits per heavy atom. The van der Waals surface area contributed by atoms with Crippen molar-refractivity contribution in [3.8, 4) is 0 Å². The van der Waals surface area contributed by atoms with Gasteiger partial charge in [-0.1, -0.05) is 67.1 Å². The van der Waals surface area contributed by atoms with E-state index >= 15 is 0 Å². The van der Waals surface area contributed by atoms with Crippen LogP contribution in [0.3, 0.4) is 0 Å². The molecule has 27 heavy (non-hydrogen) atoms. The maximum Gasteiger partial charge on any atom is 0.262 e. The molecule has 1 aliphatic rings. The highest BCUT2D eigenvalue weighted by molar-refractivity contribution is 6.51. The second-order valence-corrected chi connectivity index (χ2v) is 6.98. The van der Waals surface area contributed by atoms with Crippen LogP contribution in [0.25, 0.3) is 22.0 Å². The topological polar surface area (TPSA) is 42.3 Å². The number of carbonyl (C=O) groups excluding carboxylic acids is 2. The third-order valence-corrected chi connectivity index (χ3v) is 5.41. The second-order valence-electron chi connectivity index (χ2n) is 6.62. The van der Waals surface area contributed by atoms with Crippen LogP contribution in [0.15, 0.2) is 54.6 Å². The predicted octanol–water partition coefficient (Wildman–Crippen LogP) is 4.52. The third kappa shape index (κ3) is 2.60. The van der Waals surface area contributed by atoms with Gasteiger partial charge in [-0.3, -0.25) is 14.5 Å². The summed E-state index contributed by atoms with van der Waals surface area (Å²) in [5, 5.41) is 1.33. The van der Waals surface area contributed by atoms with Crippen LogP contribution in [0.4, 0.5) is 0 Å². The summed E-state index contributed by atoms with van der Waals surface area (Å²) in [6.45, 7) is 2.34. The number of aromatic nitrogens is 1. The van der Waals surface area contributed by atoms with Crippen molar-refractivity contribution in [1.29, 1.82) is 0 Å². The van der Waals surface area contributed by atoms with E-state index < -0.39 is 0 Å². The van der Waals surface area contributed by atoms with E-state index in [1.807, 2.05) is 73.1 Å². The summed E-state index contributed by atoms with van der Waals surface area (Å²) in [6.07, 6.45) is 0.704. The van der Waals surface area contributed by atoms with Crippen LogP contribution in [-0.4, -0.2) is 27.8 Å². The number of nitrogens with zero attached hydrogens (tertiary/aromatic N) is 2. The molecule has 2 aromatic carbocycles. The lowest BCUT2D eigenvalue weighted by Gasteiger charge is -2.13. The molecule has 0 atom stereocenters. The molecule has 0 aliphatic carbocycles. The molecular weight excluding hydrogens is 360 g/mol. The van der Waals surface area contributed by atoms with Gasteiger partial charge in [0.2, 0.25) is 0 Å². The molecule has 136 valence electrons. The van der Waals surface area contributed by atoms with Gasteiger partial charge >= 0.3 is 0 Å². The SMILES string of the molecule is CCCN1C(=O)C(c2ccccc2)=C(c2c(Cl)n(C)c3ccccc23)C1=O. The average molecular weight is 379 g/mol. The lowest BCUT2D eigenvalue weighted by atomic mass is 9.96. The highest BCUT2D eigenvalue weighted by atomic mass is 35.5. The van der Waals surface area contributed by atoms with Crippen molar-refractivity contribution in [2.75, 3.05) is 6.54 Å². The number of hydrogen-bond donors (Lipinski definition) is 0. The number of aryl methyl sites for hydroxylation is 1. The van der Waals surface area contributed by atoms with E-state index in [4.69, 9.17) is 11.6 Å². The zero-order chi connectivity index (χ0) is 19.1. The number of fused-ring (bicyclic) bond motifs is 1. The van der Waals surface area contributed by atoms with Crippen LogP contribution in [-0.2, 0) is 16.6 Å². The number of hydrogen-bond acceptors (Lipinski definition) is 2. The minimum Gasteiger partial charge on any atom is -0.334 e. The molecule has 0 bridgehead atoms. The lowest BCUT2D eigenvalue weighted by molar-refractivity contribution is -0.136. The number of carbonyl (C=O) groups is 2. The largest absolute Gasteiger partial charge is 0.334 e. The molecule has 0 saturated heterocycles. The van der Waals surface area contributed by atoms with E-state index in [2.05, 4.69) is 0 Å². The van der Waals surface area contributed by atoms with E-state index in [0.717, 1.165) is 16.5 Å². The molecule has 4 rings (SSSR count). The van der Waals surface area contributed by atoms with Gasteiger partial charge in [0.05, 0.1) is 11.1 Å². The van der Waals surface area contributed by atoms with Gasteiger partial charge in [0.15, 0.2) is 0 Å². The molecular formula is C22H19ClN2O2. The van der Waals surface area contributed by atoms with E-state index in [-0.39, 0.29) is 11.8 Å². The first-order chi connectivity index (χ1) is 13.1. The Kier molecular flexibility index (Phi) is 4.36. The van der Waals surface area contributed by atoms with Gasteiger partial charge < -0.3 is 4.57 Å². The highest BCUT2D eigenvalue weighted by Crippen LogP contribution is 2.42. The predicted molar refractivity (Wildman–Crippen MR) is 108 cm³/mol. The number of imide groups is 1. The van der Waals surface area contributed by atoms with Crippen molar-refractivity contribution in [2.45, 2.75) is 13.3 Å². The Bertz CT molecular complexity index is 1100. The van der Waals surface area contributed by atoms with E-state index in [1.165, 1.54) is 4.90 Å². The molecule has 0 spiro atoms. The summed E-state index contributed by atoms with van der Waals surface area (Å²) in [7, 11) is 1.86. The fourth-order valence-electron chi connectivity index (χ4n) is 3.71. The zero-order valence-electron chi connectivity index (χ0n) is 15.2. The molecule has 2 heterocycles. The smallest absolute Gasteiger partial charge is 0.262 e.